The predicted octanol–water partition coefficient (Wildman–Crippen LogP) is 4.73. The summed E-state index contributed by atoms with van der Waals surface area (Å²) >= 11 is 0. The molecule has 182 valence electrons. The molecule has 0 radical (unpaired) electrons. The van der Waals surface area contributed by atoms with E-state index >= 15 is 0 Å². The Morgan fingerprint density at radius 3 is 2.59 bits per heavy atom. The van der Waals surface area contributed by atoms with Crippen LogP contribution < -0.4 is 0 Å². The highest BCUT2D eigenvalue weighted by Gasteiger charge is 2.42. The molecule has 2 aliphatic rings. The third-order valence-corrected chi connectivity index (χ3v) is 7.07. The molecule has 32 heavy (non-hydrogen) atoms. The molecule has 0 aromatic rings. The van der Waals surface area contributed by atoms with Crippen molar-refractivity contribution in [3.63, 3.8) is 0 Å². The molecule has 0 aromatic carbocycles. The molecule has 0 spiro atoms. The summed E-state index contributed by atoms with van der Waals surface area (Å²) in [7, 11) is 1.21. The van der Waals surface area contributed by atoms with Crippen LogP contribution in [-0.4, -0.2) is 48.7 Å². The van der Waals surface area contributed by atoms with Crippen LogP contribution in [0.15, 0.2) is 23.8 Å². The van der Waals surface area contributed by atoms with Gasteiger partial charge in [0.05, 0.1) is 25.0 Å². The van der Waals surface area contributed by atoms with Gasteiger partial charge in [0.2, 0.25) is 0 Å². The summed E-state index contributed by atoms with van der Waals surface area (Å²) in [6.07, 6.45) is 2.91. The van der Waals surface area contributed by atoms with Crippen molar-refractivity contribution in [1.29, 1.82) is 0 Å². The number of carbonyl (C=O) groups is 2. The van der Waals surface area contributed by atoms with Crippen molar-refractivity contribution in [3.05, 3.63) is 23.8 Å². The molecule has 0 heterocycles. The Morgan fingerprint density at radius 2 is 1.97 bits per heavy atom. The minimum Gasteiger partial charge on any atom is -0.469 e. The zero-order chi connectivity index (χ0) is 24.0. The van der Waals surface area contributed by atoms with E-state index in [0.717, 1.165) is 5.57 Å². The molecule has 0 bridgehead atoms. The number of alkyl halides is 2. The molecule has 0 aliphatic heterocycles. The molecule has 0 saturated carbocycles. The van der Waals surface area contributed by atoms with Gasteiger partial charge in [-0.1, -0.05) is 32.9 Å². The van der Waals surface area contributed by atoms with E-state index in [1.165, 1.54) is 14.0 Å². The fourth-order valence-corrected chi connectivity index (χ4v) is 4.69. The minimum absolute atomic E-state index is 0.0271. The summed E-state index contributed by atoms with van der Waals surface area (Å²) in [5, 5.41) is 10.4. The highest BCUT2D eigenvalue weighted by molar-refractivity contribution is 5.72. The number of aliphatic hydroxyl groups is 1. The highest BCUT2D eigenvalue weighted by Crippen LogP contribution is 2.44. The van der Waals surface area contributed by atoms with Crippen LogP contribution >= 0.6 is 0 Å². The van der Waals surface area contributed by atoms with E-state index in [1.807, 2.05) is 19.1 Å². The second-order valence-electron chi connectivity index (χ2n) is 9.41. The molecule has 0 fully saturated rings. The third-order valence-electron chi connectivity index (χ3n) is 7.07. The number of carbonyl (C=O) groups excluding carboxylic acids is 2. The molecule has 0 saturated heterocycles. The molecule has 9 atom stereocenters. The first kappa shape index (κ1) is 26.5. The van der Waals surface area contributed by atoms with Gasteiger partial charge in [0, 0.05) is 18.8 Å². The van der Waals surface area contributed by atoms with Crippen LogP contribution in [0.4, 0.5) is 8.78 Å². The van der Waals surface area contributed by atoms with Crippen molar-refractivity contribution in [2.24, 2.45) is 29.6 Å². The summed E-state index contributed by atoms with van der Waals surface area (Å²) in [6, 6.07) is 0. The molecule has 0 aromatic heterocycles. The van der Waals surface area contributed by atoms with Crippen LogP contribution in [0, 0.1) is 29.6 Å². The van der Waals surface area contributed by atoms with Crippen molar-refractivity contribution in [2.75, 3.05) is 7.11 Å². The SMILES string of the molecule is CC[C@H](C)C(=O)O[C@H]1C[C@H](F)C=C2C=C[C@H](C)[C@H](CC[C@@H](O)C[C@H](F)C(C)C(=O)OC)C21. The molecule has 2 rings (SSSR count). The summed E-state index contributed by atoms with van der Waals surface area (Å²) in [5.74, 6) is -2.14. The number of ether oxygens (including phenoxy) is 2. The fraction of sp³-hybridized carbons (Fsp3) is 0.760. The van der Waals surface area contributed by atoms with Crippen molar-refractivity contribution in [1.82, 2.24) is 0 Å². The topological polar surface area (TPSA) is 72.8 Å². The van der Waals surface area contributed by atoms with Gasteiger partial charge in [-0.15, -0.1) is 0 Å². The number of hydrogen-bond acceptors (Lipinski definition) is 5. The largest absolute Gasteiger partial charge is 0.469 e. The van der Waals surface area contributed by atoms with Crippen LogP contribution in [0.25, 0.3) is 0 Å². The van der Waals surface area contributed by atoms with Gasteiger partial charge in [-0.05, 0) is 49.7 Å². The van der Waals surface area contributed by atoms with Gasteiger partial charge >= 0.3 is 11.9 Å². The second-order valence-corrected chi connectivity index (χ2v) is 9.41. The summed E-state index contributed by atoms with van der Waals surface area (Å²) < 4.78 is 39.1. The zero-order valence-corrected chi connectivity index (χ0v) is 19.8. The van der Waals surface area contributed by atoms with E-state index in [1.54, 1.807) is 13.0 Å². The third kappa shape index (κ3) is 6.63. The summed E-state index contributed by atoms with van der Waals surface area (Å²) in [5.41, 5.74) is 0.825. The van der Waals surface area contributed by atoms with Crippen molar-refractivity contribution in [3.8, 4) is 0 Å². The number of fused-ring (bicyclic) bond motifs is 1. The molecule has 7 heteroatoms. The molecule has 2 unspecified atom stereocenters. The standard InChI is InChI=1S/C25H38F2O5/c1-6-14(2)24(29)32-22-12-18(26)11-17-8-7-15(3)20(23(17)22)10-9-19(28)13-21(27)16(4)25(30)31-5/h7-8,11,14-16,18-23,28H,6,9-10,12-13H2,1-5H3/t14-,15-,16?,18+,19+,20-,21-,22-,23?/m0/s1. The molecular formula is C25H38F2O5. The van der Waals surface area contributed by atoms with Crippen LogP contribution in [0.1, 0.15) is 59.8 Å². The van der Waals surface area contributed by atoms with Gasteiger partial charge in [0.25, 0.3) is 0 Å². The maximum Gasteiger partial charge on any atom is 0.311 e. The lowest BCUT2D eigenvalue weighted by Crippen LogP contribution is -2.42. The Bertz CT molecular complexity index is 706. The van der Waals surface area contributed by atoms with E-state index in [-0.39, 0.29) is 42.5 Å². The quantitative estimate of drug-likeness (QED) is 0.481. The van der Waals surface area contributed by atoms with Crippen LogP contribution in [0.5, 0.6) is 0 Å². The van der Waals surface area contributed by atoms with Crippen molar-refractivity contribution < 1.29 is 33.0 Å². The monoisotopic (exact) mass is 456 g/mol. The number of esters is 2. The van der Waals surface area contributed by atoms with E-state index in [0.29, 0.717) is 19.3 Å². The smallest absolute Gasteiger partial charge is 0.311 e. The molecular weight excluding hydrogens is 418 g/mol. The van der Waals surface area contributed by atoms with Crippen molar-refractivity contribution in [2.45, 2.75) is 84.4 Å². The first-order chi connectivity index (χ1) is 15.1. The van der Waals surface area contributed by atoms with Crippen LogP contribution in [-0.2, 0) is 19.1 Å². The average molecular weight is 457 g/mol. The number of hydrogen-bond donors (Lipinski definition) is 1. The predicted molar refractivity (Wildman–Crippen MR) is 118 cm³/mol. The summed E-state index contributed by atoms with van der Waals surface area (Å²) in [6.45, 7) is 7.20. The minimum atomic E-state index is -1.50. The van der Waals surface area contributed by atoms with E-state index in [4.69, 9.17) is 4.74 Å². The maximum atomic E-state index is 14.4. The number of methoxy groups -OCH3 is 1. The van der Waals surface area contributed by atoms with E-state index in [9.17, 15) is 23.5 Å². The van der Waals surface area contributed by atoms with Gasteiger partial charge in [-0.2, -0.15) is 0 Å². The Labute approximate surface area is 190 Å². The van der Waals surface area contributed by atoms with Gasteiger partial charge in [-0.3, -0.25) is 9.59 Å². The molecule has 1 N–H and O–H groups in total. The second kappa shape index (κ2) is 11.9. The molecule has 2 aliphatic carbocycles. The Hall–Kier alpha value is -1.76. The zero-order valence-electron chi connectivity index (χ0n) is 19.8. The van der Waals surface area contributed by atoms with Gasteiger partial charge in [-0.25, -0.2) is 8.78 Å². The van der Waals surface area contributed by atoms with E-state index < -0.39 is 36.4 Å². The number of allylic oxidation sites excluding steroid dienone is 3. The van der Waals surface area contributed by atoms with Gasteiger partial charge in [0.1, 0.15) is 18.4 Å². The van der Waals surface area contributed by atoms with Gasteiger partial charge in [0.15, 0.2) is 0 Å². The molecule has 0 amide bonds. The van der Waals surface area contributed by atoms with Crippen LogP contribution in [0.3, 0.4) is 0 Å². The Kier molecular flexibility index (Phi) is 9.86. The lowest BCUT2D eigenvalue weighted by molar-refractivity contribution is -0.158. The van der Waals surface area contributed by atoms with Crippen LogP contribution in [0.2, 0.25) is 0 Å². The van der Waals surface area contributed by atoms with Gasteiger partial charge < -0.3 is 14.6 Å². The summed E-state index contributed by atoms with van der Waals surface area (Å²) in [4.78, 5) is 24.0. The van der Waals surface area contributed by atoms with E-state index in [2.05, 4.69) is 11.7 Å². The maximum absolute atomic E-state index is 14.4. The fourth-order valence-electron chi connectivity index (χ4n) is 4.69. The Balaban J connectivity index is 2.08. The normalized spacial score (nSPS) is 31.0. The Morgan fingerprint density at radius 1 is 1.28 bits per heavy atom. The average Bonchev–Trinajstić information content (AvgIpc) is 2.76. The number of rotatable bonds is 10. The number of aliphatic hydroxyl groups excluding tert-OH is 1. The lowest BCUT2D eigenvalue weighted by Gasteiger charge is -2.42. The van der Waals surface area contributed by atoms with Crippen molar-refractivity contribution >= 4 is 11.9 Å². The first-order valence-corrected chi connectivity index (χ1v) is 11.7. The number of halogens is 2. The highest BCUT2D eigenvalue weighted by atomic mass is 19.1. The lowest BCUT2D eigenvalue weighted by atomic mass is 9.66. The molecule has 5 nitrogen and oxygen atoms in total. The first-order valence-electron chi connectivity index (χ1n) is 11.7.